The largest absolute Gasteiger partial charge is 0.431 e. The van der Waals surface area contributed by atoms with E-state index in [9.17, 15) is 4.79 Å². The number of benzene rings is 1. The van der Waals surface area contributed by atoms with Crippen molar-refractivity contribution in [2.45, 2.75) is 98.8 Å². The van der Waals surface area contributed by atoms with E-state index in [1.54, 1.807) is 11.1 Å². The second kappa shape index (κ2) is 8.75. The van der Waals surface area contributed by atoms with Crippen LogP contribution >= 0.6 is 0 Å². The van der Waals surface area contributed by atoms with Gasteiger partial charge in [-0.1, -0.05) is 59.6 Å². The van der Waals surface area contributed by atoms with Gasteiger partial charge in [0.25, 0.3) is 0 Å². The zero-order valence-electron chi connectivity index (χ0n) is 20.6. The molecule has 0 spiro atoms. The van der Waals surface area contributed by atoms with Crippen molar-refractivity contribution in [2.24, 2.45) is 29.1 Å². The summed E-state index contributed by atoms with van der Waals surface area (Å²) in [6.07, 6.45) is 12.0. The molecule has 5 atom stereocenters. The fraction of sp³-hybridized carbons (Fsp3) is 0.690. The molecule has 1 aromatic carbocycles. The highest BCUT2D eigenvalue weighted by Crippen LogP contribution is 2.61. The number of fused-ring (bicyclic) bond motifs is 5. The molecule has 0 radical (unpaired) electrons. The topological polar surface area (TPSA) is 26.3 Å². The molecule has 2 heteroatoms. The first kappa shape index (κ1) is 22.6. The van der Waals surface area contributed by atoms with Gasteiger partial charge >= 0.3 is 5.97 Å². The maximum atomic E-state index is 11.4. The van der Waals surface area contributed by atoms with E-state index in [2.05, 4.69) is 52.8 Å². The van der Waals surface area contributed by atoms with E-state index in [1.807, 2.05) is 0 Å². The van der Waals surface area contributed by atoms with Gasteiger partial charge in [0, 0.05) is 13.3 Å². The fourth-order valence-corrected chi connectivity index (χ4v) is 7.06. The summed E-state index contributed by atoms with van der Waals surface area (Å²) in [7, 11) is 0. The maximum absolute atomic E-state index is 11.4. The molecule has 0 unspecified atom stereocenters. The van der Waals surface area contributed by atoms with Gasteiger partial charge in [0.05, 0.1) is 0 Å². The highest BCUT2D eigenvalue weighted by molar-refractivity contribution is 5.70. The zero-order valence-corrected chi connectivity index (χ0v) is 20.6. The molecular weight excluding hydrogens is 380 g/mol. The molecule has 4 rings (SSSR count). The summed E-state index contributed by atoms with van der Waals surface area (Å²) >= 11 is 0. The molecule has 0 aromatic heterocycles. The third kappa shape index (κ3) is 4.24. The predicted octanol–water partition coefficient (Wildman–Crippen LogP) is 7.69. The lowest BCUT2D eigenvalue weighted by atomic mass is 9.60. The first-order valence-corrected chi connectivity index (χ1v) is 12.7. The van der Waals surface area contributed by atoms with E-state index >= 15 is 0 Å². The van der Waals surface area contributed by atoms with E-state index in [4.69, 9.17) is 4.74 Å². The Balaban J connectivity index is 1.54. The molecular formula is C29H42O2. The van der Waals surface area contributed by atoms with Crippen LogP contribution in [-0.2, 0) is 22.4 Å². The normalized spacial score (nSPS) is 28.9. The number of hydrogen-bond acceptors (Lipinski definition) is 2. The maximum Gasteiger partial charge on any atom is 0.307 e. The van der Waals surface area contributed by atoms with Gasteiger partial charge in [-0.2, -0.15) is 0 Å². The number of allylic oxidation sites excluding steroid dienone is 1. The van der Waals surface area contributed by atoms with Crippen molar-refractivity contribution in [1.82, 2.24) is 0 Å². The molecule has 1 aromatic rings. The standard InChI is InChI=1S/C29H42O2/c1-18(2)19(3)7-8-20(4)27-13-14-28-26-11-9-22-17-23(31-21(5)30)10-12-24(22)25(26)15-16-29(27,28)6/h9,11,17-20,27-28H,7-8,10,12-16H2,1-6H3/t19-,20+,27-,28-,29+/m0/s1. The van der Waals surface area contributed by atoms with E-state index in [0.29, 0.717) is 5.41 Å². The predicted molar refractivity (Wildman–Crippen MR) is 129 cm³/mol. The number of esters is 1. The SMILES string of the molecule is CC(=O)OC1=Cc2ccc3c(c2CC1)CC[C@@]1(C)[C@H]3CC[C@H]1[C@H](C)CC[C@H](C)C(C)C. The summed E-state index contributed by atoms with van der Waals surface area (Å²) in [6, 6.07) is 4.71. The Morgan fingerprint density at radius 2 is 1.84 bits per heavy atom. The smallest absolute Gasteiger partial charge is 0.307 e. The molecule has 31 heavy (non-hydrogen) atoms. The van der Waals surface area contributed by atoms with Crippen LogP contribution in [0.5, 0.6) is 0 Å². The van der Waals surface area contributed by atoms with Crippen LogP contribution in [0.25, 0.3) is 6.08 Å². The average molecular weight is 423 g/mol. The Labute approximate surface area is 189 Å². The third-order valence-electron chi connectivity index (χ3n) is 9.32. The van der Waals surface area contributed by atoms with E-state index < -0.39 is 0 Å². The number of rotatable bonds is 6. The molecule has 3 aliphatic carbocycles. The minimum absolute atomic E-state index is 0.211. The molecule has 0 aliphatic heterocycles. The highest BCUT2D eigenvalue weighted by Gasteiger charge is 2.51. The van der Waals surface area contributed by atoms with Crippen molar-refractivity contribution in [3.05, 3.63) is 40.1 Å². The van der Waals surface area contributed by atoms with Crippen LogP contribution < -0.4 is 0 Å². The lowest BCUT2D eigenvalue weighted by Gasteiger charge is -2.45. The number of ether oxygens (including phenoxy) is 1. The lowest BCUT2D eigenvalue weighted by Crippen LogP contribution is -2.35. The van der Waals surface area contributed by atoms with Crippen LogP contribution in [0.1, 0.15) is 108 Å². The Hall–Kier alpha value is -1.57. The summed E-state index contributed by atoms with van der Waals surface area (Å²) in [5.41, 5.74) is 6.52. The minimum Gasteiger partial charge on any atom is -0.431 e. The monoisotopic (exact) mass is 422 g/mol. The van der Waals surface area contributed by atoms with Crippen LogP contribution in [0.3, 0.4) is 0 Å². The van der Waals surface area contributed by atoms with Gasteiger partial charge in [-0.25, -0.2) is 0 Å². The van der Waals surface area contributed by atoms with Crippen molar-refractivity contribution >= 4 is 12.0 Å². The molecule has 0 N–H and O–H groups in total. The van der Waals surface area contributed by atoms with Gasteiger partial charge < -0.3 is 4.74 Å². The van der Waals surface area contributed by atoms with Crippen molar-refractivity contribution in [1.29, 1.82) is 0 Å². The van der Waals surface area contributed by atoms with Crippen LogP contribution in [0.4, 0.5) is 0 Å². The van der Waals surface area contributed by atoms with E-state index in [-0.39, 0.29) is 5.97 Å². The van der Waals surface area contributed by atoms with Gasteiger partial charge in [-0.05, 0) is 95.4 Å². The molecule has 1 fully saturated rings. The first-order valence-electron chi connectivity index (χ1n) is 12.7. The lowest BCUT2D eigenvalue weighted by molar-refractivity contribution is -0.137. The second-order valence-corrected chi connectivity index (χ2v) is 11.4. The number of carbonyl (C=O) groups is 1. The Bertz CT molecular complexity index is 864. The first-order chi connectivity index (χ1) is 14.7. The third-order valence-corrected chi connectivity index (χ3v) is 9.32. The van der Waals surface area contributed by atoms with Crippen LogP contribution in [0.15, 0.2) is 17.9 Å². The molecule has 3 aliphatic rings. The summed E-state index contributed by atoms with van der Waals surface area (Å²) in [4.78, 5) is 11.4. The molecule has 0 saturated heterocycles. The molecule has 2 nitrogen and oxygen atoms in total. The van der Waals surface area contributed by atoms with Crippen molar-refractivity contribution in [2.75, 3.05) is 0 Å². The van der Waals surface area contributed by atoms with E-state index in [0.717, 1.165) is 48.2 Å². The number of carbonyl (C=O) groups excluding carboxylic acids is 1. The molecule has 1 saturated carbocycles. The van der Waals surface area contributed by atoms with Crippen LogP contribution in [-0.4, -0.2) is 5.97 Å². The van der Waals surface area contributed by atoms with Crippen molar-refractivity contribution < 1.29 is 9.53 Å². The quantitative estimate of drug-likeness (QED) is 0.439. The second-order valence-electron chi connectivity index (χ2n) is 11.4. The van der Waals surface area contributed by atoms with Gasteiger partial charge in [-0.3, -0.25) is 4.79 Å². The highest BCUT2D eigenvalue weighted by atomic mass is 16.5. The Morgan fingerprint density at radius 1 is 1.06 bits per heavy atom. The van der Waals surface area contributed by atoms with Gasteiger partial charge in [-0.15, -0.1) is 0 Å². The molecule has 0 heterocycles. The molecule has 0 amide bonds. The van der Waals surface area contributed by atoms with Gasteiger partial charge in [0.15, 0.2) is 0 Å². The molecule has 170 valence electrons. The average Bonchev–Trinajstić information content (AvgIpc) is 3.08. The Kier molecular flexibility index (Phi) is 6.39. The summed E-state index contributed by atoms with van der Waals surface area (Å²) < 4.78 is 5.39. The summed E-state index contributed by atoms with van der Waals surface area (Å²) in [5, 5.41) is 0. The summed E-state index contributed by atoms with van der Waals surface area (Å²) in [6.45, 7) is 13.8. The van der Waals surface area contributed by atoms with E-state index in [1.165, 1.54) is 56.6 Å². The summed E-state index contributed by atoms with van der Waals surface area (Å²) in [5.74, 6) is 4.64. The minimum atomic E-state index is -0.211. The fourth-order valence-electron chi connectivity index (χ4n) is 7.06. The Morgan fingerprint density at radius 3 is 2.55 bits per heavy atom. The van der Waals surface area contributed by atoms with Crippen molar-refractivity contribution in [3.8, 4) is 0 Å². The zero-order chi connectivity index (χ0) is 22.3. The van der Waals surface area contributed by atoms with Gasteiger partial charge in [0.2, 0.25) is 0 Å². The van der Waals surface area contributed by atoms with Crippen LogP contribution in [0, 0.1) is 29.1 Å². The molecule has 0 bridgehead atoms. The van der Waals surface area contributed by atoms with Gasteiger partial charge in [0.1, 0.15) is 5.76 Å². The number of hydrogen-bond donors (Lipinski definition) is 0. The van der Waals surface area contributed by atoms with Crippen molar-refractivity contribution in [3.63, 3.8) is 0 Å². The van der Waals surface area contributed by atoms with Crippen LogP contribution in [0.2, 0.25) is 0 Å².